The van der Waals surface area contributed by atoms with Gasteiger partial charge in [0.15, 0.2) is 0 Å². The topological polar surface area (TPSA) is 84.9 Å². The molecule has 20 heavy (non-hydrogen) atoms. The van der Waals surface area contributed by atoms with Crippen molar-refractivity contribution in [1.82, 2.24) is 4.72 Å². The van der Waals surface area contributed by atoms with Crippen LogP contribution in [-0.4, -0.2) is 47.0 Å². The van der Waals surface area contributed by atoms with Gasteiger partial charge in [-0.1, -0.05) is 6.07 Å². The molecule has 0 aliphatic heterocycles. The van der Waals surface area contributed by atoms with Gasteiger partial charge in [-0.15, -0.1) is 0 Å². The zero-order chi connectivity index (χ0) is 15.2. The van der Waals surface area contributed by atoms with Crippen molar-refractivity contribution in [2.45, 2.75) is 17.6 Å². The third-order valence-electron chi connectivity index (χ3n) is 2.66. The van der Waals surface area contributed by atoms with Crippen molar-refractivity contribution in [3.05, 3.63) is 28.2 Å². The lowest BCUT2D eigenvalue weighted by Gasteiger charge is -2.15. The van der Waals surface area contributed by atoms with Crippen molar-refractivity contribution >= 4 is 26.0 Å². The van der Waals surface area contributed by atoms with Gasteiger partial charge in [0.1, 0.15) is 0 Å². The molecule has 0 amide bonds. The molecule has 1 aromatic rings. The Morgan fingerprint density at radius 3 is 2.60 bits per heavy atom. The van der Waals surface area contributed by atoms with E-state index in [9.17, 15) is 8.42 Å². The number of benzene rings is 1. The van der Waals surface area contributed by atoms with Gasteiger partial charge in [-0.25, -0.2) is 13.1 Å². The Hall–Kier alpha value is -0.510. The van der Waals surface area contributed by atoms with Gasteiger partial charge in [-0.2, -0.15) is 0 Å². The fourth-order valence-electron chi connectivity index (χ4n) is 1.54. The van der Waals surface area contributed by atoms with E-state index >= 15 is 0 Å². The van der Waals surface area contributed by atoms with Gasteiger partial charge >= 0.3 is 0 Å². The molecule has 0 aliphatic carbocycles. The first-order chi connectivity index (χ1) is 9.44. The first-order valence-electron chi connectivity index (χ1n) is 5.85. The first-order valence-corrected chi connectivity index (χ1v) is 8.13. The average Bonchev–Trinajstić information content (AvgIpc) is 2.42. The Balaban J connectivity index is 2.83. The van der Waals surface area contributed by atoms with E-state index in [0.29, 0.717) is 16.6 Å². The number of hydrogen-bond acceptors (Lipinski definition) is 5. The molecule has 0 saturated carbocycles. The Kier molecular flexibility index (Phi) is 7.07. The van der Waals surface area contributed by atoms with E-state index in [0.717, 1.165) is 0 Å². The van der Waals surface area contributed by atoms with E-state index in [4.69, 9.17) is 14.6 Å². The number of sulfonamides is 1. The summed E-state index contributed by atoms with van der Waals surface area (Å²) < 4.78 is 37.2. The monoisotopic (exact) mass is 367 g/mol. The Morgan fingerprint density at radius 1 is 1.40 bits per heavy atom. The second-order valence-electron chi connectivity index (χ2n) is 4.09. The zero-order valence-electron chi connectivity index (χ0n) is 11.3. The Morgan fingerprint density at radius 2 is 2.10 bits per heavy atom. The lowest BCUT2D eigenvalue weighted by atomic mass is 10.2. The highest BCUT2D eigenvalue weighted by Gasteiger charge is 2.19. The highest BCUT2D eigenvalue weighted by molar-refractivity contribution is 9.10. The molecule has 0 aromatic heterocycles. The molecule has 0 saturated heterocycles. The molecule has 0 aliphatic rings. The van der Waals surface area contributed by atoms with Gasteiger partial charge in [-0.3, -0.25) is 0 Å². The molecule has 1 atom stereocenters. The maximum absolute atomic E-state index is 12.2. The van der Waals surface area contributed by atoms with Crippen LogP contribution in [0.5, 0.6) is 0 Å². The van der Waals surface area contributed by atoms with Crippen LogP contribution in [0.15, 0.2) is 27.6 Å². The second-order valence-corrected chi connectivity index (χ2v) is 6.68. The van der Waals surface area contributed by atoms with Crippen molar-refractivity contribution in [3.8, 4) is 0 Å². The molecule has 8 heteroatoms. The number of methoxy groups -OCH3 is 2. The van der Waals surface area contributed by atoms with Crippen molar-refractivity contribution in [2.75, 3.05) is 27.4 Å². The standard InChI is InChI=1S/C12H18BrNO5S/c1-18-8-10(19-2)6-14-20(16,17)12-4-3-9(7-15)5-11(12)13/h3-5,10,14-15H,6-8H2,1-2H3. The minimum absolute atomic E-state index is 0.112. The van der Waals surface area contributed by atoms with E-state index in [1.807, 2.05) is 0 Å². The molecule has 0 fully saturated rings. The third-order valence-corrected chi connectivity index (χ3v) is 5.06. The van der Waals surface area contributed by atoms with Crippen LogP contribution in [0.2, 0.25) is 0 Å². The maximum atomic E-state index is 12.2. The maximum Gasteiger partial charge on any atom is 0.241 e. The van der Waals surface area contributed by atoms with Crippen LogP contribution in [0.3, 0.4) is 0 Å². The molecule has 0 heterocycles. The summed E-state index contributed by atoms with van der Waals surface area (Å²) in [7, 11) is -0.645. The highest BCUT2D eigenvalue weighted by Crippen LogP contribution is 2.23. The smallest absolute Gasteiger partial charge is 0.241 e. The molecular weight excluding hydrogens is 350 g/mol. The van der Waals surface area contributed by atoms with Gasteiger partial charge in [0, 0.05) is 25.2 Å². The zero-order valence-corrected chi connectivity index (χ0v) is 13.7. The molecule has 1 rings (SSSR count). The predicted octanol–water partition coefficient (Wildman–Crippen LogP) is 0.881. The molecule has 2 N–H and O–H groups in total. The van der Waals surface area contributed by atoms with Crippen LogP contribution in [0, 0.1) is 0 Å². The van der Waals surface area contributed by atoms with Gasteiger partial charge in [0.05, 0.1) is 24.2 Å². The third kappa shape index (κ3) is 4.80. The molecule has 0 bridgehead atoms. The SMILES string of the molecule is COCC(CNS(=O)(=O)c1ccc(CO)cc1Br)OC. The molecular formula is C12H18BrNO5S. The summed E-state index contributed by atoms with van der Waals surface area (Å²) in [6.07, 6.45) is -0.356. The van der Waals surface area contributed by atoms with E-state index in [-0.39, 0.29) is 24.2 Å². The molecule has 1 aromatic carbocycles. The fraction of sp³-hybridized carbons (Fsp3) is 0.500. The summed E-state index contributed by atoms with van der Waals surface area (Å²) >= 11 is 3.19. The normalized spacial score (nSPS) is 13.4. The predicted molar refractivity (Wildman–Crippen MR) is 77.9 cm³/mol. The summed E-state index contributed by atoms with van der Waals surface area (Å²) in [5, 5.41) is 9.01. The highest BCUT2D eigenvalue weighted by atomic mass is 79.9. The van der Waals surface area contributed by atoms with Gasteiger partial charge < -0.3 is 14.6 Å². The van der Waals surface area contributed by atoms with Crippen LogP contribution >= 0.6 is 15.9 Å². The number of rotatable bonds is 8. The van der Waals surface area contributed by atoms with Gasteiger partial charge in [0.2, 0.25) is 10.0 Å². The minimum Gasteiger partial charge on any atom is -0.392 e. The Bertz CT molecular complexity index is 535. The lowest BCUT2D eigenvalue weighted by molar-refractivity contribution is 0.0320. The number of aliphatic hydroxyl groups is 1. The summed E-state index contributed by atoms with van der Waals surface area (Å²) in [6, 6.07) is 4.57. The molecule has 0 radical (unpaired) electrons. The van der Waals surface area contributed by atoms with Crippen LogP contribution in [-0.2, 0) is 26.1 Å². The van der Waals surface area contributed by atoms with Crippen LogP contribution in [0.25, 0.3) is 0 Å². The van der Waals surface area contributed by atoms with Crippen molar-refractivity contribution in [2.24, 2.45) is 0 Å². The van der Waals surface area contributed by atoms with Crippen molar-refractivity contribution in [3.63, 3.8) is 0 Å². The summed E-state index contributed by atoms with van der Waals surface area (Å²) in [4.78, 5) is 0.113. The molecule has 1 unspecified atom stereocenters. The molecule has 114 valence electrons. The van der Waals surface area contributed by atoms with Crippen LogP contribution < -0.4 is 4.72 Å². The van der Waals surface area contributed by atoms with E-state index in [1.165, 1.54) is 20.3 Å². The van der Waals surface area contributed by atoms with Crippen molar-refractivity contribution < 1.29 is 23.0 Å². The fourth-order valence-corrected chi connectivity index (χ4v) is 3.73. The van der Waals surface area contributed by atoms with E-state index < -0.39 is 10.0 Å². The average molecular weight is 368 g/mol. The quantitative estimate of drug-likeness (QED) is 0.712. The summed E-state index contributed by atoms with van der Waals surface area (Å²) in [6.45, 7) is 0.260. The lowest BCUT2D eigenvalue weighted by Crippen LogP contribution is -2.35. The van der Waals surface area contributed by atoms with Gasteiger partial charge in [-0.05, 0) is 33.6 Å². The largest absolute Gasteiger partial charge is 0.392 e. The van der Waals surface area contributed by atoms with Crippen LogP contribution in [0.1, 0.15) is 5.56 Å². The van der Waals surface area contributed by atoms with Crippen LogP contribution in [0.4, 0.5) is 0 Å². The number of hydrogen-bond donors (Lipinski definition) is 2. The molecule has 6 nitrogen and oxygen atoms in total. The number of aliphatic hydroxyl groups excluding tert-OH is 1. The van der Waals surface area contributed by atoms with E-state index in [2.05, 4.69) is 20.7 Å². The number of nitrogens with one attached hydrogen (secondary N) is 1. The van der Waals surface area contributed by atoms with E-state index in [1.54, 1.807) is 12.1 Å². The first kappa shape index (κ1) is 17.5. The minimum atomic E-state index is -3.65. The second kappa shape index (κ2) is 8.06. The number of halogens is 1. The van der Waals surface area contributed by atoms with Gasteiger partial charge in [0.25, 0.3) is 0 Å². The van der Waals surface area contributed by atoms with Crippen molar-refractivity contribution in [1.29, 1.82) is 0 Å². The summed E-state index contributed by atoms with van der Waals surface area (Å²) in [5.41, 5.74) is 0.630. The summed E-state index contributed by atoms with van der Waals surface area (Å²) in [5.74, 6) is 0. The number of ether oxygens (including phenoxy) is 2. The molecule has 0 spiro atoms. The Labute approximate surface area is 127 Å².